The van der Waals surface area contributed by atoms with Gasteiger partial charge in [-0.1, -0.05) is 140 Å². The van der Waals surface area contributed by atoms with Crippen molar-refractivity contribution in [2.24, 2.45) is 0 Å². The molecule has 0 saturated carbocycles. The Morgan fingerprint density at radius 3 is 1.80 bits per heavy atom. The highest BCUT2D eigenvalue weighted by Gasteiger charge is 2.25. The first-order valence-corrected chi connectivity index (χ1v) is 16.4. The normalized spacial score (nSPS) is 12.1. The lowest BCUT2D eigenvalue weighted by Crippen LogP contribution is -2.23. The van der Waals surface area contributed by atoms with Crippen molar-refractivity contribution < 1.29 is 0 Å². The molecule has 0 aliphatic rings. The largest absolute Gasteiger partial charge is 0.362 e. The average Bonchev–Trinajstić information content (AvgIpc) is 3.08. The maximum atomic E-state index is 5.00. The molecule has 1 atom stereocenters. The average molecular weight is 588 g/mol. The topological polar surface area (TPSA) is 37.8 Å². The van der Waals surface area contributed by atoms with Crippen molar-refractivity contribution in [3.05, 3.63) is 156 Å². The van der Waals surface area contributed by atoms with Gasteiger partial charge in [-0.15, -0.1) is 10.2 Å². The molecule has 0 aliphatic heterocycles. The van der Waals surface area contributed by atoms with Crippen molar-refractivity contribution in [1.82, 2.24) is 10.2 Å². The van der Waals surface area contributed by atoms with E-state index in [1.807, 2.05) is 0 Å². The molecule has 44 heavy (non-hydrogen) atoms. The second-order valence-electron chi connectivity index (χ2n) is 11.3. The van der Waals surface area contributed by atoms with E-state index < -0.39 is 7.92 Å². The number of nitrogens with zero attached hydrogens (tertiary/aromatic N) is 2. The molecule has 1 aromatic heterocycles. The van der Waals surface area contributed by atoms with Crippen LogP contribution >= 0.6 is 7.92 Å². The van der Waals surface area contributed by atoms with Crippen LogP contribution in [0.25, 0.3) is 32.8 Å². The summed E-state index contributed by atoms with van der Waals surface area (Å²) in [5.74, 6) is 0.821. The molecule has 3 nitrogen and oxygen atoms in total. The molecule has 0 saturated heterocycles. The lowest BCUT2D eigenvalue weighted by Gasteiger charge is -2.25. The standard InChI is InChI=1S/C40H34N3P/c1-27-28(2)40(41-29(3)34-24-14-17-30-15-10-12-22-35(30)34)43-42-39(27)38-36-23-13-11-16-31(36)25-26-37(38)44(32-18-6-4-7-19-32)33-20-8-5-9-21-33/h4-26,29H,1-3H3,(H,41,43)/t29-/m0/s1. The zero-order valence-electron chi connectivity index (χ0n) is 25.2. The molecule has 0 radical (unpaired) electrons. The van der Waals surface area contributed by atoms with E-state index in [4.69, 9.17) is 10.2 Å². The third kappa shape index (κ3) is 5.14. The number of hydrogen-bond donors (Lipinski definition) is 1. The quantitative estimate of drug-likeness (QED) is 0.189. The van der Waals surface area contributed by atoms with Crippen molar-refractivity contribution in [2.75, 3.05) is 5.32 Å². The molecule has 1 N–H and O–H groups in total. The van der Waals surface area contributed by atoms with E-state index in [1.165, 1.54) is 48.6 Å². The molecule has 0 unspecified atom stereocenters. The lowest BCUT2D eigenvalue weighted by molar-refractivity contribution is 0.862. The fourth-order valence-electron chi connectivity index (χ4n) is 6.17. The van der Waals surface area contributed by atoms with Gasteiger partial charge in [-0.05, 0) is 82.8 Å². The summed E-state index contributed by atoms with van der Waals surface area (Å²) >= 11 is 0. The molecular weight excluding hydrogens is 553 g/mol. The van der Waals surface area contributed by atoms with E-state index in [-0.39, 0.29) is 6.04 Å². The van der Waals surface area contributed by atoms with Crippen LogP contribution in [-0.2, 0) is 0 Å². The second kappa shape index (κ2) is 12.0. The van der Waals surface area contributed by atoms with Crippen LogP contribution in [0, 0.1) is 13.8 Å². The van der Waals surface area contributed by atoms with Gasteiger partial charge in [-0.2, -0.15) is 0 Å². The predicted octanol–water partition coefficient (Wildman–Crippen LogP) is 9.00. The molecule has 1 heterocycles. The smallest absolute Gasteiger partial charge is 0.152 e. The van der Waals surface area contributed by atoms with E-state index in [1.54, 1.807) is 0 Å². The van der Waals surface area contributed by atoms with Gasteiger partial charge >= 0.3 is 0 Å². The van der Waals surface area contributed by atoms with Crippen LogP contribution in [0.2, 0.25) is 0 Å². The van der Waals surface area contributed by atoms with Gasteiger partial charge in [0.15, 0.2) is 5.82 Å². The number of hydrogen-bond acceptors (Lipinski definition) is 3. The molecular formula is C40H34N3P. The Balaban J connectivity index is 1.37. The van der Waals surface area contributed by atoms with Gasteiger partial charge in [0.1, 0.15) is 0 Å². The highest BCUT2D eigenvalue weighted by atomic mass is 31.1. The van der Waals surface area contributed by atoms with Crippen molar-refractivity contribution in [3.63, 3.8) is 0 Å². The van der Waals surface area contributed by atoms with E-state index in [0.717, 1.165) is 22.6 Å². The third-order valence-corrected chi connectivity index (χ3v) is 11.1. The van der Waals surface area contributed by atoms with Crippen LogP contribution in [0.3, 0.4) is 0 Å². The maximum absolute atomic E-state index is 5.00. The Bertz CT molecular complexity index is 2050. The summed E-state index contributed by atoms with van der Waals surface area (Å²) in [6.45, 7) is 6.54. The van der Waals surface area contributed by atoms with Crippen LogP contribution < -0.4 is 21.2 Å². The molecule has 0 bridgehead atoms. The van der Waals surface area contributed by atoms with Crippen LogP contribution in [0.1, 0.15) is 29.7 Å². The number of rotatable bonds is 7. The van der Waals surface area contributed by atoms with Gasteiger partial charge in [-0.3, -0.25) is 0 Å². The zero-order valence-corrected chi connectivity index (χ0v) is 26.1. The van der Waals surface area contributed by atoms with Gasteiger partial charge in [0, 0.05) is 5.56 Å². The zero-order chi connectivity index (χ0) is 30.0. The van der Waals surface area contributed by atoms with E-state index in [0.29, 0.717) is 0 Å². The lowest BCUT2D eigenvalue weighted by atomic mass is 9.97. The van der Waals surface area contributed by atoms with Gasteiger partial charge in [-0.25, -0.2) is 0 Å². The molecule has 214 valence electrons. The Hall–Kier alpha value is -4.85. The summed E-state index contributed by atoms with van der Waals surface area (Å²) in [6.07, 6.45) is 0. The summed E-state index contributed by atoms with van der Waals surface area (Å²) in [5, 5.41) is 22.4. The molecule has 7 aromatic rings. The molecule has 7 rings (SSSR count). The van der Waals surface area contributed by atoms with Gasteiger partial charge in [0.25, 0.3) is 0 Å². The molecule has 0 spiro atoms. The number of anilines is 1. The molecule has 0 aliphatic carbocycles. The number of aromatic nitrogens is 2. The van der Waals surface area contributed by atoms with Crippen molar-refractivity contribution in [3.8, 4) is 11.3 Å². The predicted molar refractivity (Wildman–Crippen MR) is 189 cm³/mol. The summed E-state index contributed by atoms with van der Waals surface area (Å²) in [7, 11) is -0.838. The first-order valence-electron chi connectivity index (χ1n) is 15.1. The Kier molecular flexibility index (Phi) is 7.64. The van der Waals surface area contributed by atoms with Gasteiger partial charge < -0.3 is 5.32 Å². The van der Waals surface area contributed by atoms with Gasteiger partial charge in [0.2, 0.25) is 0 Å². The highest BCUT2D eigenvalue weighted by Crippen LogP contribution is 2.41. The van der Waals surface area contributed by atoms with Crippen molar-refractivity contribution in [2.45, 2.75) is 26.8 Å². The fraction of sp³-hybridized carbons (Fsp3) is 0.100. The molecule has 6 aromatic carbocycles. The van der Waals surface area contributed by atoms with Crippen LogP contribution in [0.5, 0.6) is 0 Å². The number of benzene rings is 6. The first kappa shape index (κ1) is 28.0. The van der Waals surface area contributed by atoms with E-state index >= 15 is 0 Å². The summed E-state index contributed by atoms with van der Waals surface area (Å²) in [6, 6.07) is 50.1. The number of fused-ring (bicyclic) bond motifs is 2. The van der Waals surface area contributed by atoms with E-state index in [9.17, 15) is 0 Å². The maximum Gasteiger partial charge on any atom is 0.152 e. The highest BCUT2D eigenvalue weighted by molar-refractivity contribution is 7.80. The monoisotopic (exact) mass is 587 g/mol. The Morgan fingerprint density at radius 2 is 1.11 bits per heavy atom. The fourth-order valence-corrected chi connectivity index (χ4v) is 8.64. The minimum Gasteiger partial charge on any atom is -0.362 e. The Morgan fingerprint density at radius 1 is 0.545 bits per heavy atom. The Labute approximate surface area is 260 Å². The first-order chi connectivity index (χ1) is 21.6. The summed E-state index contributed by atoms with van der Waals surface area (Å²) in [5.41, 5.74) is 5.62. The summed E-state index contributed by atoms with van der Waals surface area (Å²) < 4.78 is 0. The van der Waals surface area contributed by atoms with Crippen LogP contribution in [0.4, 0.5) is 5.82 Å². The van der Waals surface area contributed by atoms with Crippen molar-refractivity contribution in [1.29, 1.82) is 0 Å². The van der Waals surface area contributed by atoms with Crippen LogP contribution in [0.15, 0.2) is 140 Å². The SMILES string of the molecule is Cc1c(N[C@@H](C)c2cccc3ccccc23)nnc(-c2c(P(c3ccccc3)c3ccccc3)ccc3ccccc23)c1C. The summed E-state index contributed by atoms with van der Waals surface area (Å²) in [4.78, 5) is 0. The molecule has 0 amide bonds. The minimum absolute atomic E-state index is 0.0662. The van der Waals surface area contributed by atoms with Crippen molar-refractivity contribution >= 4 is 51.2 Å². The number of nitrogens with one attached hydrogen (secondary N) is 1. The second-order valence-corrected chi connectivity index (χ2v) is 13.5. The van der Waals surface area contributed by atoms with Crippen LogP contribution in [-0.4, -0.2) is 10.2 Å². The molecule has 0 fully saturated rings. The molecule has 4 heteroatoms. The van der Waals surface area contributed by atoms with E-state index in [2.05, 4.69) is 166 Å². The third-order valence-electron chi connectivity index (χ3n) is 8.58. The van der Waals surface area contributed by atoms with Gasteiger partial charge in [0.05, 0.1) is 11.7 Å². The minimum atomic E-state index is -0.838.